The molecule has 0 radical (unpaired) electrons. The van der Waals surface area contributed by atoms with Crippen LogP contribution in [0.1, 0.15) is 53.4 Å². The third kappa shape index (κ3) is 4.54. The number of aryl methyl sites for hydroxylation is 1. The minimum atomic E-state index is -0.842. The van der Waals surface area contributed by atoms with E-state index >= 15 is 0 Å². The number of carbonyl (C=O) groups excluding carboxylic acids is 2. The third-order valence-corrected chi connectivity index (χ3v) is 5.98. The fourth-order valence-electron chi connectivity index (χ4n) is 4.26. The Kier molecular flexibility index (Phi) is 6.59. The highest BCUT2D eigenvalue weighted by Crippen LogP contribution is 2.32. The van der Waals surface area contributed by atoms with E-state index in [9.17, 15) is 9.59 Å². The van der Waals surface area contributed by atoms with Gasteiger partial charge in [-0.3, -0.25) is 14.5 Å². The first-order chi connectivity index (χ1) is 15.6. The zero-order chi connectivity index (χ0) is 22.5. The molecule has 0 spiro atoms. The number of hydrogen-bond acceptors (Lipinski definition) is 4. The number of carbonyl (C=O) groups is 2. The average Bonchev–Trinajstić information content (AvgIpc) is 3.49. The van der Waals surface area contributed by atoms with Gasteiger partial charge in [0, 0.05) is 11.7 Å². The maximum atomic E-state index is 13.8. The molecule has 0 aliphatic heterocycles. The van der Waals surface area contributed by atoms with E-state index in [1.165, 1.54) is 6.26 Å². The van der Waals surface area contributed by atoms with Crippen LogP contribution in [0.5, 0.6) is 5.75 Å². The third-order valence-electron chi connectivity index (χ3n) is 5.98. The van der Waals surface area contributed by atoms with E-state index in [2.05, 4.69) is 5.32 Å². The highest BCUT2D eigenvalue weighted by atomic mass is 16.5. The summed E-state index contributed by atoms with van der Waals surface area (Å²) in [5.41, 5.74) is 1.78. The van der Waals surface area contributed by atoms with Crippen LogP contribution >= 0.6 is 0 Å². The molecule has 0 unspecified atom stereocenters. The standard InChI is InChI=1S/C26H28N2O4/c1-18-23(16-17-32-18)26(30)28(21-10-4-3-5-11-21)24(19-12-14-22(31-2)15-13-19)25(29)27-20-8-6-7-9-20/h3-5,10-17,20,24H,6-9H2,1-2H3,(H,27,29)/t24-/m0/s1. The van der Waals surface area contributed by atoms with Crippen molar-refractivity contribution in [1.29, 1.82) is 0 Å². The van der Waals surface area contributed by atoms with Gasteiger partial charge in [-0.25, -0.2) is 0 Å². The predicted octanol–water partition coefficient (Wildman–Crippen LogP) is 5.04. The number of amides is 2. The van der Waals surface area contributed by atoms with Crippen LogP contribution in [0.3, 0.4) is 0 Å². The van der Waals surface area contributed by atoms with Crippen LogP contribution in [0.15, 0.2) is 71.3 Å². The number of methoxy groups -OCH3 is 1. The van der Waals surface area contributed by atoms with Gasteiger partial charge in [-0.1, -0.05) is 43.2 Å². The lowest BCUT2D eigenvalue weighted by Crippen LogP contribution is -2.46. The van der Waals surface area contributed by atoms with Gasteiger partial charge < -0.3 is 14.5 Å². The second kappa shape index (κ2) is 9.73. The second-order valence-corrected chi connectivity index (χ2v) is 8.07. The van der Waals surface area contributed by atoms with Gasteiger partial charge in [-0.15, -0.1) is 0 Å². The molecule has 1 aliphatic rings. The molecule has 1 fully saturated rings. The first-order valence-electron chi connectivity index (χ1n) is 11.0. The summed E-state index contributed by atoms with van der Waals surface area (Å²) in [7, 11) is 1.60. The van der Waals surface area contributed by atoms with Crippen molar-refractivity contribution >= 4 is 17.5 Å². The molecule has 1 heterocycles. The molecule has 1 N–H and O–H groups in total. The maximum absolute atomic E-state index is 13.8. The van der Waals surface area contributed by atoms with Crippen molar-refractivity contribution in [2.45, 2.75) is 44.7 Å². The molecule has 4 rings (SSSR count). The Morgan fingerprint density at radius 1 is 1.03 bits per heavy atom. The quantitative estimate of drug-likeness (QED) is 0.568. The largest absolute Gasteiger partial charge is 0.497 e. The number of anilines is 1. The lowest BCUT2D eigenvalue weighted by atomic mass is 10.0. The molecule has 1 saturated carbocycles. The Morgan fingerprint density at radius 2 is 1.72 bits per heavy atom. The topological polar surface area (TPSA) is 71.8 Å². The Hall–Kier alpha value is -3.54. The van der Waals surface area contributed by atoms with E-state index in [1.807, 2.05) is 54.6 Å². The number of rotatable bonds is 7. The van der Waals surface area contributed by atoms with Crippen LogP contribution in [0.25, 0.3) is 0 Å². The normalized spacial score (nSPS) is 14.7. The van der Waals surface area contributed by atoms with Crippen LogP contribution in [0.4, 0.5) is 5.69 Å². The fraction of sp³-hybridized carbons (Fsp3) is 0.308. The molecule has 2 amide bonds. The van der Waals surface area contributed by atoms with Gasteiger partial charge in [-0.05, 0) is 55.7 Å². The number of ether oxygens (including phenoxy) is 1. The van der Waals surface area contributed by atoms with Gasteiger partial charge in [0.1, 0.15) is 17.6 Å². The van der Waals surface area contributed by atoms with Crippen molar-refractivity contribution in [3.05, 3.63) is 83.8 Å². The first-order valence-corrected chi connectivity index (χ1v) is 11.0. The monoisotopic (exact) mass is 432 g/mol. The number of para-hydroxylation sites is 1. The lowest BCUT2D eigenvalue weighted by Gasteiger charge is -2.32. The van der Waals surface area contributed by atoms with Crippen LogP contribution < -0.4 is 15.0 Å². The van der Waals surface area contributed by atoms with Crippen LogP contribution in [-0.2, 0) is 4.79 Å². The zero-order valence-corrected chi connectivity index (χ0v) is 18.4. The molecule has 32 heavy (non-hydrogen) atoms. The molecular weight excluding hydrogens is 404 g/mol. The molecular formula is C26H28N2O4. The van der Waals surface area contributed by atoms with Crippen LogP contribution in [-0.4, -0.2) is 25.0 Å². The van der Waals surface area contributed by atoms with E-state index in [4.69, 9.17) is 9.15 Å². The Labute approximate surface area is 188 Å². The lowest BCUT2D eigenvalue weighted by molar-refractivity contribution is -0.123. The predicted molar refractivity (Wildman–Crippen MR) is 123 cm³/mol. The summed E-state index contributed by atoms with van der Waals surface area (Å²) in [6, 6.07) is 17.5. The molecule has 0 bridgehead atoms. The molecule has 1 aliphatic carbocycles. The second-order valence-electron chi connectivity index (χ2n) is 8.07. The molecule has 6 heteroatoms. The molecule has 166 valence electrons. The number of furan rings is 1. The summed E-state index contributed by atoms with van der Waals surface area (Å²) in [6.07, 6.45) is 5.62. The molecule has 2 aromatic carbocycles. The van der Waals surface area contributed by atoms with Gasteiger partial charge in [0.25, 0.3) is 5.91 Å². The van der Waals surface area contributed by atoms with E-state index in [0.29, 0.717) is 28.3 Å². The highest BCUT2D eigenvalue weighted by molar-refractivity contribution is 6.10. The molecule has 1 aromatic heterocycles. The Morgan fingerprint density at radius 3 is 2.31 bits per heavy atom. The molecule has 1 atom stereocenters. The van der Waals surface area contributed by atoms with Crippen molar-refractivity contribution in [3.8, 4) is 5.75 Å². The summed E-state index contributed by atoms with van der Waals surface area (Å²) >= 11 is 0. The average molecular weight is 433 g/mol. The molecule has 6 nitrogen and oxygen atoms in total. The summed E-state index contributed by atoms with van der Waals surface area (Å²) in [6.45, 7) is 1.75. The van der Waals surface area contributed by atoms with E-state index in [0.717, 1.165) is 25.7 Å². The van der Waals surface area contributed by atoms with Crippen molar-refractivity contribution in [2.75, 3.05) is 12.0 Å². The summed E-state index contributed by atoms with van der Waals surface area (Å²) < 4.78 is 10.7. The van der Waals surface area contributed by atoms with Crippen molar-refractivity contribution in [2.24, 2.45) is 0 Å². The highest BCUT2D eigenvalue weighted by Gasteiger charge is 2.35. The van der Waals surface area contributed by atoms with Gasteiger partial charge in [0.05, 0.1) is 18.9 Å². The summed E-state index contributed by atoms with van der Waals surface area (Å²) in [5.74, 6) is 0.720. The maximum Gasteiger partial charge on any atom is 0.262 e. The van der Waals surface area contributed by atoms with Crippen molar-refractivity contribution < 1.29 is 18.7 Å². The minimum absolute atomic E-state index is 0.131. The number of benzene rings is 2. The van der Waals surface area contributed by atoms with Crippen molar-refractivity contribution in [3.63, 3.8) is 0 Å². The molecule has 0 saturated heterocycles. The number of nitrogens with zero attached hydrogens (tertiary/aromatic N) is 1. The smallest absolute Gasteiger partial charge is 0.262 e. The van der Waals surface area contributed by atoms with Gasteiger partial charge in [0.15, 0.2) is 0 Å². The summed E-state index contributed by atoms with van der Waals surface area (Å²) in [4.78, 5) is 29.0. The Balaban J connectivity index is 1.80. The van der Waals surface area contributed by atoms with Crippen LogP contribution in [0, 0.1) is 6.92 Å². The molecule has 3 aromatic rings. The van der Waals surface area contributed by atoms with E-state index in [1.54, 1.807) is 25.0 Å². The minimum Gasteiger partial charge on any atom is -0.497 e. The number of nitrogens with one attached hydrogen (secondary N) is 1. The first kappa shape index (κ1) is 21.7. The van der Waals surface area contributed by atoms with E-state index < -0.39 is 6.04 Å². The summed E-state index contributed by atoms with van der Waals surface area (Å²) in [5, 5.41) is 3.18. The van der Waals surface area contributed by atoms with Crippen LogP contribution in [0.2, 0.25) is 0 Å². The SMILES string of the molecule is COc1ccc([C@@H](C(=O)NC2CCCC2)N(C(=O)c2ccoc2C)c2ccccc2)cc1. The van der Waals surface area contributed by atoms with Gasteiger partial charge >= 0.3 is 0 Å². The number of hydrogen-bond donors (Lipinski definition) is 1. The Bertz CT molecular complexity index is 1050. The fourth-order valence-corrected chi connectivity index (χ4v) is 4.26. The van der Waals surface area contributed by atoms with Gasteiger partial charge in [0.2, 0.25) is 5.91 Å². The van der Waals surface area contributed by atoms with E-state index in [-0.39, 0.29) is 17.9 Å². The van der Waals surface area contributed by atoms with Gasteiger partial charge in [-0.2, -0.15) is 0 Å². The zero-order valence-electron chi connectivity index (χ0n) is 18.4. The van der Waals surface area contributed by atoms with Crippen molar-refractivity contribution in [1.82, 2.24) is 5.32 Å².